The summed E-state index contributed by atoms with van der Waals surface area (Å²) in [6, 6.07) is 4.17. The first kappa shape index (κ1) is 17.4. The lowest BCUT2D eigenvalue weighted by Crippen LogP contribution is -2.50. The van der Waals surface area contributed by atoms with Gasteiger partial charge in [0.05, 0.1) is 11.3 Å². The van der Waals surface area contributed by atoms with Gasteiger partial charge in [0.25, 0.3) is 15.9 Å². The van der Waals surface area contributed by atoms with Gasteiger partial charge >= 0.3 is 0 Å². The molecule has 26 heavy (non-hydrogen) atoms. The number of thiophene rings is 1. The number of rotatable bonds is 3. The van der Waals surface area contributed by atoms with Crippen molar-refractivity contribution in [2.24, 2.45) is 4.40 Å². The molecule has 1 fully saturated rings. The highest BCUT2D eigenvalue weighted by molar-refractivity contribution is 7.90. The summed E-state index contributed by atoms with van der Waals surface area (Å²) in [6.07, 6.45) is 5.21. The van der Waals surface area contributed by atoms with Crippen molar-refractivity contribution < 1.29 is 13.2 Å². The van der Waals surface area contributed by atoms with Crippen LogP contribution in [0.25, 0.3) is 0 Å². The number of hydrogen-bond donors (Lipinski definition) is 0. The zero-order valence-electron chi connectivity index (χ0n) is 14.2. The fourth-order valence-corrected chi connectivity index (χ4v) is 5.02. The van der Waals surface area contributed by atoms with Gasteiger partial charge in [0.15, 0.2) is 5.84 Å². The minimum absolute atomic E-state index is 0.0241. The van der Waals surface area contributed by atoms with Crippen LogP contribution in [0.2, 0.25) is 0 Å². The number of amidine groups is 1. The first-order valence-corrected chi connectivity index (χ1v) is 11.0. The highest BCUT2D eigenvalue weighted by atomic mass is 32.2. The zero-order chi connectivity index (χ0) is 18.1. The number of carbonyl (C=O) groups is 1. The Morgan fingerprint density at radius 1 is 1.19 bits per heavy atom. The molecule has 0 aromatic carbocycles. The van der Waals surface area contributed by atoms with Gasteiger partial charge in [-0.2, -0.15) is 0 Å². The second kappa shape index (κ2) is 6.98. The molecule has 138 valence electrons. The van der Waals surface area contributed by atoms with E-state index in [2.05, 4.69) is 20.7 Å². The molecule has 1 aromatic heterocycles. The molecule has 0 bridgehead atoms. The molecule has 4 heterocycles. The molecule has 0 atom stereocenters. The summed E-state index contributed by atoms with van der Waals surface area (Å²) in [7, 11) is -3.49. The predicted octanol–water partition coefficient (Wildman–Crippen LogP) is 0.890. The zero-order valence-corrected chi connectivity index (χ0v) is 15.9. The molecule has 7 nitrogen and oxygen atoms in total. The van der Waals surface area contributed by atoms with Crippen molar-refractivity contribution in [2.75, 3.05) is 38.5 Å². The highest BCUT2D eigenvalue weighted by Crippen LogP contribution is 2.20. The Kier molecular flexibility index (Phi) is 4.68. The molecule has 1 amide bonds. The average Bonchev–Trinajstić information content (AvgIpc) is 3.13. The van der Waals surface area contributed by atoms with E-state index in [9.17, 15) is 13.2 Å². The fourth-order valence-electron chi connectivity index (χ4n) is 3.29. The second-order valence-electron chi connectivity index (χ2n) is 6.46. The number of nitrogens with zero attached hydrogens (tertiary/aromatic N) is 4. The largest absolute Gasteiger partial charge is 0.336 e. The van der Waals surface area contributed by atoms with Crippen molar-refractivity contribution in [1.29, 1.82) is 0 Å². The van der Waals surface area contributed by atoms with Crippen LogP contribution in [0.15, 0.2) is 45.8 Å². The van der Waals surface area contributed by atoms with E-state index in [1.165, 1.54) is 4.88 Å². The quantitative estimate of drug-likeness (QED) is 0.764. The number of allylic oxidation sites excluding steroid dienone is 2. The van der Waals surface area contributed by atoms with E-state index < -0.39 is 10.0 Å². The molecule has 0 N–H and O–H groups in total. The molecule has 0 radical (unpaired) electrons. The van der Waals surface area contributed by atoms with E-state index in [4.69, 9.17) is 0 Å². The summed E-state index contributed by atoms with van der Waals surface area (Å²) < 4.78 is 27.5. The smallest absolute Gasteiger partial charge is 0.257 e. The van der Waals surface area contributed by atoms with Crippen LogP contribution in [0.3, 0.4) is 0 Å². The second-order valence-corrected chi connectivity index (χ2v) is 9.25. The van der Waals surface area contributed by atoms with Gasteiger partial charge in [0.2, 0.25) is 0 Å². The van der Waals surface area contributed by atoms with Gasteiger partial charge in [0.1, 0.15) is 0 Å². The Hall–Kier alpha value is -1.97. The molecule has 0 saturated carbocycles. The number of carbonyl (C=O) groups excluding carboxylic acids is 1. The molecule has 3 aliphatic heterocycles. The van der Waals surface area contributed by atoms with Gasteiger partial charge in [0, 0.05) is 50.3 Å². The highest BCUT2D eigenvalue weighted by Gasteiger charge is 2.33. The maximum Gasteiger partial charge on any atom is 0.257 e. The molecule has 9 heteroatoms. The Bertz CT molecular complexity index is 879. The van der Waals surface area contributed by atoms with Gasteiger partial charge in [-0.15, -0.1) is 15.7 Å². The number of piperazine rings is 1. The summed E-state index contributed by atoms with van der Waals surface area (Å²) >= 11 is 1.74. The third-order valence-corrected chi connectivity index (χ3v) is 6.72. The maximum absolute atomic E-state index is 12.9. The number of fused-ring (bicyclic) bond motifs is 1. The van der Waals surface area contributed by atoms with Crippen LogP contribution in [0.4, 0.5) is 0 Å². The van der Waals surface area contributed by atoms with Gasteiger partial charge in [-0.3, -0.25) is 9.69 Å². The molecule has 4 rings (SSSR count). The van der Waals surface area contributed by atoms with Gasteiger partial charge < -0.3 is 9.80 Å². The first-order valence-electron chi connectivity index (χ1n) is 8.54. The van der Waals surface area contributed by atoms with Crippen molar-refractivity contribution in [3.8, 4) is 0 Å². The normalized spacial score (nSPS) is 22.6. The Labute approximate surface area is 157 Å². The molecule has 1 saturated heterocycles. The molecule has 0 aliphatic carbocycles. The Balaban J connectivity index is 1.44. The molecule has 0 spiro atoms. The Morgan fingerprint density at radius 3 is 2.73 bits per heavy atom. The Morgan fingerprint density at radius 2 is 2.00 bits per heavy atom. The third kappa shape index (κ3) is 3.60. The molecule has 0 unspecified atom stereocenters. The minimum atomic E-state index is -3.49. The van der Waals surface area contributed by atoms with E-state index in [-0.39, 0.29) is 17.5 Å². The molecule has 1 aromatic rings. The summed E-state index contributed by atoms with van der Waals surface area (Å²) in [6.45, 7) is 4.11. The number of sulfonamides is 1. The minimum Gasteiger partial charge on any atom is -0.336 e. The lowest BCUT2D eigenvalue weighted by Gasteiger charge is -2.36. The molecule has 3 aliphatic rings. The summed E-state index contributed by atoms with van der Waals surface area (Å²) in [4.78, 5) is 20.1. The first-order chi connectivity index (χ1) is 12.5. The van der Waals surface area contributed by atoms with E-state index in [0.717, 1.165) is 19.6 Å². The van der Waals surface area contributed by atoms with Crippen LogP contribution < -0.4 is 0 Å². The average molecular weight is 393 g/mol. The van der Waals surface area contributed by atoms with Gasteiger partial charge in [-0.25, -0.2) is 8.42 Å². The standard InChI is InChI=1S/C17H20N4O3S2/c22-17(15-4-1-5-20-10-12-26(23,24)18-16(15)20)21-8-6-19(7-9-21)13-14-3-2-11-25-14/h1-5,11H,6-10,12-13H2. The summed E-state index contributed by atoms with van der Waals surface area (Å²) in [5.74, 6) is 0.0831. The van der Waals surface area contributed by atoms with E-state index in [0.29, 0.717) is 25.2 Å². The molecular weight excluding hydrogens is 372 g/mol. The summed E-state index contributed by atoms with van der Waals surface area (Å²) in [5.41, 5.74) is 0.363. The van der Waals surface area contributed by atoms with E-state index in [1.807, 2.05) is 6.07 Å². The van der Waals surface area contributed by atoms with E-state index >= 15 is 0 Å². The maximum atomic E-state index is 12.9. The lowest BCUT2D eigenvalue weighted by atomic mass is 10.1. The van der Waals surface area contributed by atoms with Crippen LogP contribution in [0.5, 0.6) is 0 Å². The van der Waals surface area contributed by atoms with Crippen molar-refractivity contribution in [3.05, 3.63) is 46.3 Å². The van der Waals surface area contributed by atoms with Crippen LogP contribution in [0.1, 0.15) is 4.88 Å². The van der Waals surface area contributed by atoms with Crippen LogP contribution >= 0.6 is 11.3 Å². The summed E-state index contributed by atoms with van der Waals surface area (Å²) in [5, 5.41) is 2.07. The monoisotopic (exact) mass is 392 g/mol. The fraction of sp³-hybridized carbons (Fsp3) is 0.412. The van der Waals surface area contributed by atoms with Crippen LogP contribution in [0, 0.1) is 0 Å². The van der Waals surface area contributed by atoms with Crippen LogP contribution in [-0.2, 0) is 21.4 Å². The van der Waals surface area contributed by atoms with Crippen molar-refractivity contribution >= 4 is 33.1 Å². The van der Waals surface area contributed by atoms with Gasteiger partial charge in [-0.05, 0) is 23.6 Å². The predicted molar refractivity (Wildman–Crippen MR) is 101 cm³/mol. The van der Waals surface area contributed by atoms with Crippen molar-refractivity contribution in [3.63, 3.8) is 0 Å². The van der Waals surface area contributed by atoms with Crippen LogP contribution in [-0.4, -0.2) is 73.3 Å². The number of hydrogen-bond acceptors (Lipinski definition) is 6. The lowest BCUT2D eigenvalue weighted by molar-refractivity contribution is -0.128. The van der Waals surface area contributed by atoms with Gasteiger partial charge in [-0.1, -0.05) is 6.07 Å². The topological polar surface area (TPSA) is 73.3 Å². The number of amides is 1. The van der Waals surface area contributed by atoms with E-state index in [1.54, 1.807) is 39.5 Å². The third-order valence-electron chi connectivity index (χ3n) is 4.71. The van der Waals surface area contributed by atoms with Crippen molar-refractivity contribution in [2.45, 2.75) is 6.54 Å². The molecular formula is C17H20N4O3S2. The SMILES string of the molecule is O=C(C1=CC=CN2CCS(=O)(=O)N=C12)N1CCN(Cc2cccs2)CC1. The van der Waals surface area contributed by atoms with Crippen molar-refractivity contribution in [1.82, 2.24) is 14.7 Å².